The summed E-state index contributed by atoms with van der Waals surface area (Å²) in [5.41, 5.74) is 0. The van der Waals surface area contributed by atoms with Gasteiger partial charge in [-0.3, -0.25) is 4.99 Å². The number of halogens is 1. The Kier molecular flexibility index (Phi) is 9.99. The van der Waals surface area contributed by atoms with Crippen molar-refractivity contribution in [1.29, 1.82) is 0 Å². The average molecular weight is 525 g/mol. The molecule has 1 aromatic carbocycles. The number of rotatable bonds is 7. The zero-order chi connectivity index (χ0) is 20.5. The molecule has 0 aliphatic carbocycles. The van der Waals surface area contributed by atoms with Gasteiger partial charge in [0.05, 0.1) is 13.7 Å². The molecule has 1 atom stereocenters. The molecule has 2 aromatic rings. The second-order valence-electron chi connectivity index (χ2n) is 7.15. The van der Waals surface area contributed by atoms with Crippen molar-refractivity contribution < 1.29 is 9.47 Å². The summed E-state index contributed by atoms with van der Waals surface area (Å²) in [6.07, 6.45) is 3.94. The van der Waals surface area contributed by atoms with Crippen LogP contribution in [0.15, 0.2) is 53.7 Å². The van der Waals surface area contributed by atoms with Crippen LogP contribution < -0.4 is 25.0 Å². The molecule has 0 saturated carbocycles. The summed E-state index contributed by atoms with van der Waals surface area (Å²) in [6, 6.07) is 14.1. The Morgan fingerprint density at radius 1 is 1.20 bits per heavy atom. The van der Waals surface area contributed by atoms with E-state index >= 15 is 0 Å². The first kappa shape index (κ1) is 24.0. The van der Waals surface area contributed by atoms with Gasteiger partial charge in [0, 0.05) is 38.4 Å². The molecule has 3 rings (SSSR count). The van der Waals surface area contributed by atoms with Gasteiger partial charge in [-0.05, 0) is 44.0 Å². The van der Waals surface area contributed by atoms with Gasteiger partial charge in [-0.1, -0.05) is 12.1 Å². The van der Waals surface area contributed by atoms with Crippen LogP contribution in [0.2, 0.25) is 0 Å². The van der Waals surface area contributed by atoms with Gasteiger partial charge in [-0.15, -0.1) is 24.0 Å². The lowest BCUT2D eigenvalue weighted by atomic mass is 10.1. The van der Waals surface area contributed by atoms with E-state index in [2.05, 4.69) is 31.6 Å². The molecule has 30 heavy (non-hydrogen) atoms. The zero-order valence-electron chi connectivity index (χ0n) is 17.9. The van der Waals surface area contributed by atoms with Crippen LogP contribution in [0.1, 0.15) is 19.8 Å². The van der Waals surface area contributed by atoms with E-state index in [9.17, 15) is 0 Å². The molecular weight excluding hydrogens is 493 g/mol. The highest BCUT2D eigenvalue weighted by Gasteiger charge is 2.21. The largest absolute Gasteiger partial charge is 0.497 e. The smallest absolute Gasteiger partial charge is 0.191 e. The van der Waals surface area contributed by atoms with Gasteiger partial charge in [-0.25, -0.2) is 4.98 Å². The van der Waals surface area contributed by atoms with Gasteiger partial charge in [0.1, 0.15) is 23.4 Å². The number of nitrogens with zero attached hydrogens (tertiary/aromatic N) is 3. The van der Waals surface area contributed by atoms with Gasteiger partial charge in [0.15, 0.2) is 5.96 Å². The number of aromatic nitrogens is 1. The van der Waals surface area contributed by atoms with Crippen molar-refractivity contribution in [3.63, 3.8) is 0 Å². The summed E-state index contributed by atoms with van der Waals surface area (Å²) in [7, 11) is 3.45. The number of hydrogen-bond acceptors (Lipinski definition) is 5. The number of ether oxygens (including phenoxy) is 2. The van der Waals surface area contributed by atoms with Crippen molar-refractivity contribution >= 4 is 35.8 Å². The Labute approximate surface area is 196 Å². The van der Waals surface area contributed by atoms with Gasteiger partial charge >= 0.3 is 0 Å². The highest BCUT2D eigenvalue weighted by atomic mass is 127. The SMILES string of the molecule is CN=C(NCC(C)Oc1cccc(OC)c1)NC1CCN(c2ccccn2)CC1.I. The van der Waals surface area contributed by atoms with E-state index < -0.39 is 0 Å². The molecule has 2 heterocycles. The predicted molar refractivity (Wildman–Crippen MR) is 132 cm³/mol. The molecule has 0 radical (unpaired) electrons. The molecular formula is C22H32IN5O2. The third-order valence-electron chi connectivity index (χ3n) is 4.97. The van der Waals surface area contributed by atoms with E-state index in [1.807, 2.05) is 49.5 Å². The molecule has 1 saturated heterocycles. The van der Waals surface area contributed by atoms with Crippen LogP contribution in [0.4, 0.5) is 5.82 Å². The van der Waals surface area contributed by atoms with E-state index in [1.54, 1.807) is 14.2 Å². The minimum absolute atomic E-state index is 0. The van der Waals surface area contributed by atoms with E-state index in [0.29, 0.717) is 12.6 Å². The normalized spacial score (nSPS) is 15.7. The Morgan fingerprint density at radius 3 is 2.63 bits per heavy atom. The zero-order valence-corrected chi connectivity index (χ0v) is 20.2. The van der Waals surface area contributed by atoms with E-state index in [4.69, 9.17) is 9.47 Å². The van der Waals surface area contributed by atoms with Gasteiger partial charge < -0.3 is 25.0 Å². The molecule has 0 spiro atoms. The van der Waals surface area contributed by atoms with Crippen LogP contribution in [-0.2, 0) is 0 Å². The highest BCUT2D eigenvalue weighted by molar-refractivity contribution is 14.0. The van der Waals surface area contributed by atoms with Crippen molar-refractivity contribution in [2.75, 3.05) is 38.7 Å². The molecule has 164 valence electrons. The molecule has 1 unspecified atom stereocenters. The lowest BCUT2D eigenvalue weighted by molar-refractivity contribution is 0.222. The van der Waals surface area contributed by atoms with Crippen molar-refractivity contribution in [1.82, 2.24) is 15.6 Å². The number of guanidine groups is 1. The predicted octanol–water partition coefficient (Wildman–Crippen LogP) is 3.31. The van der Waals surface area contributed by atoms with Gasteiger partial charge in [-0.2, -0.15) is 0 Å². The van der Waals surface area contributed by atoms with Crippen LogP contribution in [0.3, 0.4) is 0 Å². The van der Waals surface area contributed by atoms with Crippen LogP contribution in [0, 0.1) is 0 Å². The van der Waals surface area contributed by atoms with Crippen LogP contribution in [0.25, 0.3) is 0 Å². The molecule has 1 aromatic heterocycles. The van der Waals surface area contributed by atoms with E-state index in [1.165, 1.54) is 0 Å². The summed E-state index contributed by atoms with van der Waals surface area (Å²) in [6.45, 7) is 4.66. The minimum Gasteiger partial charge on any atom is -0.497 e. The number of hydrogen-bond donors (Lipinski definition) is 2. The molecule has 2 N–H and O–H groups in total. The topological polar surface area (TPSA) is 71.0 Å². The Bertz CT molecular complexity index is 782. The van der Waals surface area contributed by atoms with Crippen LogP contribution in [-0.4, -0.2) is 56.9 Å². The second kappa shape index (κ2) is 12.5. The van der Waals surface area contributed by atoms with Crippen LogP contribution >= 0.6 is 24.0 Å². The second-order valence-corrected chi connectivity index (χ2v) is 7.15. The number of nitrogens with one attached hydrogen (secondary N) is 2. The average Bonchev–Trinajstić information content (AvgIpc) is 2.77. The van der Waals surface area contributed by atoms with Crippen molar-refractivity contribution in [2.24, 2.45) is 4.99 Å². The Balaban J connectivity index is 0.00000320. The number of pyridine rings is 1. The fourth-order valence-electron chi connectivity index (χ4n) is 3.37. The maximum atomic E-state index is 5.97. The first-order valence-electron chi connectivity index (χ1n) is 10.1. The Hall–Kier alpha value is -2.23. The monoisotopic (exact) mass is 525 g/mol. The number of anilines is 1. The van der Waals surface area contributed by atoms with Crippen LogP contribution in [0.5, 0.6) is 11.5 Å². The molecule has 1 aliphatic rings. The number of aliphatic imine (C=N–C) groups is 1. The third kappa shape index (κ3) is 7.23. The molecule has 7 nitrogen and oxygen atoms in total. The summed E-state index contributed by atoms with van der Waals surface area (Å²) in [4.78, 5) is 11.1. The lowest BCUT2D eigenvalue weighted by Crippen LogP contribution is -2.50. The fraction of sp³-hybridized carbons (Fsp3) is 0.455. The first-order valence-corrected chi connectivity index (χ1v) is 10.1. The molecule has 1 aliphatic heterocycles. The lowest BCUT2D eigenvalue weighted by Gasteiger charge is -2.33. The summed E-state index contributed by atoms with van der Waals surface area (Å²) in [5, 5.41) is 6.90. The Morgan fingerprint density at radius 2 is 1.97 bits per heavy atom. The maximum absolute atomic E-state index is 5.97. The number of benzene rings is 1. The maximum Gasteiger partial charge on any atom is 0.191 e. The summed E-state index contributed by atoms with van der Waals surface area (Å²) < 4.78 is 11.2. The molecule has 0 bridgehead atoms. The number of piperidine rings is 1. The van der Waals surface area contributed by atoms with Crippen molar-refractivity contribution in [2.45, 2.75) is 31.9 Å². The molecule has 0 amide bonds. The number of methoxy groups -OCH3 is 1. The summed E-state index contributed by atoms with van der Waals surface area (Å²) >= 11 is 0. The van der Waals surface area contributed by atoms with E-state index in [0.717, 1.165) is 49.2 Å². The van der Waals surface area contributed by atoms with Gasteiger partial charge in [0.2, 0.25) is 0 Å². The van der Waals surface area contributed by atoms with Crippen molar-refractivity contribution in [3.8, 4) is 11.5 Å². The van der Waals surface area contributed by atoms with Gasteiger partial charge in [0.25, 0.3) is 0 Å². The fourth-order valence-corrected chi connectivity index (χ4v) is 3.37. The standard InChI is InChI=1S/C22H31N5O2.HI/c1-17(29-20-8-6-7-19(15-20)28-3)16-25-22(23-2)26-18-10-13-27(14-11-18)21-9-4-5-12-24-21;/h4-9,12,15,17-18H,10-11,13-14,16H2,1-3H3,(H2,23,25,26);1H. The molecule has 1 fully saturated rings. The third-order valence-corrected chi connectivity index (χ3v) is 4.97. The quantitative estimate of drug-likeness (QED) is 0.329. The molecule has 8 heteroatoms. The first-order chi connectivity index (χ1) is 14.2. The van der Waals surface area contributed by atoms with E-state index in [-0.39, 0.29) is 30.1 Å². The summed E-state index contributed by atoms with van der Waals surface area (Å²) in [5.74, 6) is 3.44. The van der Waals surface area contributed by atoms with Crippen molar-refractivity contribution in [3.05, 3.63) is 48.7 Å². The highest BCUT2D eigenvalue weighted by Crippen LogP contribution is 2.20. The minimum atomic E-state index is -0.00772.